The first-order chi connectivity index (χ1) is 6.58. The quantitative estimate of drug-likeness (QED) is 0.736. The minimum Gasteiger partial charge on any atom is -0.481 e. The second kappa shape index (κ2) is 3.25. The van der Waals surface area contributed by atoms with Crippen molar-refractivity contribution in [3.8, 4) is 0 Å². The number of carbonyl (C=O) groups is 1. The molecule has 0 bridgehead atoms. The van der Waals surface area contributed by atoms with Crippen LogP contribution in [-0.2, 0) is 4.79 Å². The molecule has 2 fully saturated rings. The van der Waals surface area contributed by atoms with E-state index in [1.807, 2.05) is 0 Å². The van der Waals surface area contributed by atoms with E-state index < -0.39 is 5.97 Å². The summed E-state index contributed by atoms with van der Waals surface area (Å²) in [5.74, 6) is -0.610. The molecule has 2 heteroatoms. The summed E-state index contributed by atoms with van der Waals surface area (Å²) in [6.07, 6.45) is 9.20. The lowest BCUT2D eigenvalue weighted by Crippen LogP contribution is -2.34. The van der Waals surface area contributed by atoms with Gasteiger partial charge in [0.2, 0.25) is 0 Å². The zero-order valence-electron chi connectivity index (χ0n) is 9.01. The molecule has 1 unspecified atom stereocenters. The van der Waals surface area contributed by atoms with Crippen molar-refractivity contribution in [2.75, 3.05) is 0 Å². The van der Waals surface area contributed by atoms with E-state index in [4.69, 9.17) is 5.11 Å². The Labute approximate surface area is 85.7 Å². The van der Waals surface area contributed by atoms with Crippen molar-refractivity contribution in [1.29, 1.82) is 0 Å². The summed E-state index contributed by atoms with van der Waals surface area (Å²) < 4.78 is 0. The molecule has 0 saturated heterocycles. The summed E-state index contributed by atoms with van der Waals surface area (Å²) in [5.41, 5.74) is 0.487. The van der Waals surface area contributed by atoms with Gasteiger partial charge >= 0.3 is 5.97 Å². The van der Waals surface area contributed by atoms with Crippen LogP contribution in [0.25, 0.3) is 0 Å². The molecule has 2 nitrogen and oxygen atoms in total. The Morgan fingerprint density at radius 1 is 1.14 bits per heavy atom. The highest BCUT2D eigenvalue weighted by molar-refractivity contribution is 5.68. The van der Waals surface area contributed by atoms with Crippen LogP contribution in [0.2, 0.25) is 0 Å². The van der Waals surface area contributed by atoms with Crippen LogP contribution in [0.1, 0.15) is 58.3 Å². The molecule has 80 valence electrons. The van der Waals surface area contributed by atoms with E-state index in [9.17, 15) is 4.79 Å². The lowest BCUT2D eigenvalue weighted by molar-refractivity contribution is -0.141. The minimum absolute atomic E-state index is 0.0926. The Kier molecular flexibility index (Phi) is 2.32. The molecule has 0 heterocycles. The van der Waals surface area contributed by atoms with E-state index in [2.05, 4.69) is 6.92 Å². The second-order valence-electron chi connectivity index (χ2n) is 5.47. The van der Waals surface area contributed by atoms with Crippen molar-refractivity contribution in [2.45, 2.75) is 58.3 Å². The van der Waals surface area contributed by atoms with Crippen molar-refractivity contribution >= 4 is 5.97 Å². The molecule has 2 aliphatic rings. The third-order valence-corrected chi connectivity index (χ3v) is 4.77. The summed E-state index contributed by atoms with van der Waals surface area (Å²) in [7, 11) is 0. The van der Waals surface area contributed by atoms with Gasteiger partial charge in [0.15, 0.2) is 0 Å². The molecule has 0 aliphatic heterocycles. The fraction of sp³-hybridized carbons (Fsp3) is 0.917. The summed E-state index contributed by atoms with van der Waals surface area (Å²) in [5, 5.41) is 8.98. The van der Waals surface area contributed by atoms with Gasteiger partial charge in [-0.1, -0.05) is 26.2 Å². The maximum absolute atomic E-state index is 10.9. The average Bonchev–Trinajstić information content (AvgIpc) is 2.62. The number of hydrogen-bond acceptors (Lipinski definition) is 1. The maximum atomic E-state index is 10.9. The molecule has 1 atom stereocenters. The monoisotopic (exact) mass is 196 g/mol. The van der Waals surface area contributed by atoms with Gasteiger partial charge in [-0.3, -0.25) is 4.79 Å². The number of aliphatic carboxylic acids is 1. The Morgan fingerprint density at radius 2 is 1.71 bits per heavy atom. The number of carboxylic acid groups (broad SMARTS) is 1. The van der Waals surface area contributed by atoms with Gasteiger partial charge in [0.25, 0.3) is 0 Å². The molecular weight excluding hydrogens is 176 g/mol. The van der Waals surface area contributed by atoms with Gasteiger partial charge < -0.3 is 5.11 Å². The first-order valence-electron chi connectivity index (χ1n) is 5.80. The third kappa shape index (κ3) is 1.35. The van der Waals surface area contributed by atoms with Crippen LogP contribution < -0.4 is 0 Å². The van der Waals surface area contributed by atoms with Crippen LogP contribution in [0, 0.1) is 10.8 Å². The normalized spacial score (nSPS) is 35.2. The molecule has 0 amide bonds. The molecule has 2 rings (SSSR count). The SMILES string of the molecule is CC1(CC(=O)O)CCCC12CCCC2. The second-order valence-corrected chi connectivity index (χ2v) is 5.47. The maximum Gasteiger partial charge on any atom is 0.303 e. The van der Waals surface area contributed by atoms with Crippen molar-refractivity contribution < 1.29 is 9.90 Å². The largest absolute Gasteiger partial charge is 0.481 e. The van der Waals surface area contributed by atoms with E-state index >= 15 is 0 Å². The van der Waals surface area contributed by atoms with Crippen LogP contribution >= 0.6 is 0 Å². The summed E-state index contributed by atoms with van der Waals surface area (Å²) in [4.78, 5) is 10.9. The van der Waals surface area contributed by atoms with E-state index in [0.29, 0.717) is 11.8 Å². The van der Waals surface area contributed by atoms with Gasteiger partial charge in [-0.05, 0) is 36.5 Å². The van der Waals surface area contributed by atoms with Gasteiger partial charge in [0, 0.05) is 0 Å². The lowest BCUT2D eigenvalue weighted by atomic mass is 9.64. The molecule has 14 heavy (non-hydrogen) atoms. The van der Waals surface area contributed by atoms with Crippen molar-refractivity contribution in [1.82, 2.24) is 0 Å². The topological polar surface area (TPSA) is 37.3 Å². The first kappa shape index (κ1) is 10.0. The molecule has 0 radical (unpaired) electrons. The van der Waals surface area contributed by atoms with E-state index in [-0.39, 0.29) is 5.41 Å². The summed E-state index contributed by atoms with van der Waals surface area (Å²) in [6.45, 7) is 2.21. The van der Waals surface area contributed by atoms with Crippen molar-refractivity contribution in [3.05, 3.63) is 0 Å². The molecule has 1 N–H and O–H groups in total. The van der Waals surface area contributed by atoms with Crippen molar-refractivity contribution in [3.63, 3.8) is 0 Å². The molecule has 0 aromatic carbocycles. The molecular formula is C12H20O2. The minimum atomic E-state index is -0.610. The Balaban J connectivity index is 2.19. The number of hydrogen-bond donors (Lipinski definition) is 1. The van der Waals surface area contributed by atoms with Gasteiger partial charge in [-0.25, -0.2) is 0 Å². The highest BCUT2D eigenvalue weighted by Crippen LogP contribution is 2.62. The fourth-order valence-electron chi connectivity index (χ4n) is 3.90. The summed E-state index contributed by atoms with van der Waals surface area (Å²) >= 11 is 0. The van der Waals surface area contributed by atoms with E-state index in [1.165, 1.54) is 38.5 Å². The highest BCUT2D eigenvalue weighted by atomic mass is 16.4. The Morgan fingerprint density at radius 3 is 2.29 bits per heavy atom. The summed E-state index contributed by atoms with van der Waals surface area (Å²) in [6, 6.07) is 0. The van der Waals surface area contributed by atoms with Crippen LogP contribution in [-0.4, -0.2) is 11.1 Å². The van der Waals surface area contributed by atoms with E-state index in [0.717, 1.165) is 6.42 Å². The predicted molar refractivity (Wildman–Crippen MR) is 55.1 cm³/mol. The molecule has 0 aromatic rings. The lowest BCUT2D eigenvalue weighted by Gasteiger charge is -2.40. The first-order valence-corrected chi connectivity index (χ1v) is 5.80. The Hall–Kier alpha value is -0.530. The van der Waals surface area contributed by atoms with Crippen molar-refractivity contribution in [2.24, 2.45) is 10.8 Å². The molecule has 0 aromatic heterocycles. The Bertz CT molecular complexity index is 235. The van der Waals surface area contributed by atoms with Gasteiger partial charge in [0.05, 0.1) is 6.42 Å². The van der Waals surface area contributed by atoms with Gasteiger partial charge in [0.1, 0.15) is 0 Å². The third-order valence-electron chi connectivity index (χ3n) is 4.77. The molecule has 1 spiro atoms. The van der Waals surface area contributed by atoms with Crippen LogP contribution in [0.3, 0.4) is 0 Å². The predicted octanol–water partition coefficient (Wildman–Crippen LogP) is 3.21. The van der Waals surface area contributed by atoms with Crippen LogP contribution in [0.4, 0.5) is 0 Å². The standard InChI is InChI=1S/C12H20O2/c1-11(9-10(13)14)5-4-8-12(11)6-2-3-7-12/h2-9H2,1H3,(H,13,14). The van der Waals surface area contributed by atoms with E-state index in [1.54, 1.807) is 0 Å². The smallest absolute Gasteiger partial charge is 0.303 e. The highest BCUT2D eigenvalue weighted by Gasteiger charge is 2.53. The molecule has 2 saturated carbocycles. The van der Waals surface area contributed by atoms with Gasteiger partial charge in [-0.2, -0.15) is 0 Å². The van der Waals surface area contributed by atoms with Crippen LogP contribution in [0.15, 0.2) is 0 Å². The van der Waals surface area contributed by atoms with Crippen LogP contribution in [0.5, 0.6) is 0 Å². The zero-order chi connectivity index (χ0) is 10.2. The zero-order valence-corrected chi connectivity index (χ0v) is 9.01. The average molecular weight is 196 g/mol. The van der Waals surface area contributed by atoms with Gasteiger partial charge in [-0.15, -0.1) is 0 Å². The number of rotatable bonds is 2. The molecule has 2 aliphatic carbocycles. The fourth-order valence-corrected chi connectivity index (χ4v) is 3.90. The number of carboxylic acids is 1.